The molecule has 2 saturated carbocycles. The van der Waals surface area contributed by atoms with E-state index in [4.69, 9.17) is 9.47 Å². The lowest BCUT2D eigenvalue weighted by atomic mass is 9.58. The summed E-state index contributed by atoms with van der Waals surface area (Å²) in [7, 11) is 0. The maximum Gasteiger partial charge on any atom is 0.126 e. The summed E-state index contributed by atoms with van der Waals surface area (Å²) in [6.45, 7) is 0.990. The number of hydrogen-bond acceptors (Lipinski definition) is 2. The van der Waals surface area contributed by atoms with Crippen LogP contribution in [0.2, 0.25) is 0 Å². The Bertz CT molecular complexity index is 234. The molecule has 2 aliphatic heterocycles. The highest BCUT2D eigenvalue weighted by atomic mass is 16.7. The van der Waals surface area contributed by atoms with E-state index in [1.807, 2.05) is 0 Å². The molecule has 2 nitrogen and oxygen atoms in total. The highest BCUT2D eigenvalue weighted by Gasteiger charge is 2.89. The van der Waals surface area contributed by atoms with Gasteiger partial charge in [-0.15, -0.1) is 0 Å². The molecule has 4 aliphatic rings. The first-order valence-corrected chi connectivity index (χ1v) is 4.70. The lowest BCUT2D eigenvalue weighted by molar-refractivity contribution is 0.0580. The van der Waals surface area contributed by atoms with E-state index in [0.29, 0.717) is 11.7 Å². The Hall–Kier alpha value is -0.0800. The molecular weight excluding hydrogens is 140 g/mol. The maximum atomic E-state index is 5.77. The summed E-state index contributed by atoms with van der Waals surface area (Å²) >= 11 is 0. The number of ether oxygens (including phenoxy) is 2. The van der Waals surface area contributed by atoms with Gasteiger partial charge in [-0.2, -0.15) is 0 Å². The van der Waals surface area contributed by atoms with Gasteiger partial charge in [-0.25, -0.2) is 0 Å². The van der Waals surface area contributed by atoms with Crippen molar-refractivity contribution in [3.8, 4) is 0 Å². The Kier molecular flexibility index (Phi) is 0.641. The Morgan fingerprint density at radius 3 is 2.91 bits per heavy atom. The van der Waals surface area contributed by atoms with Crippen molar-refractivity contribution in [3.05, 3.63) is 0 Å². The summed E-state index contributed by atoms with van der Waals surface area (Å²) in [5.41, 5.74) is 0.620. The van der Waals surface area contributed by atoms with E-state index in [1.54, 1.807) is 0 Å². The topological polar surface area (TPSA) is 25.1 Å². The first kappa shape index (κ1) is 5.55. The van der Waals surface area contributed by atoms with E-state index in [1.165, 1.54) is 25.7 Å². The van der Waals surface area contributed by atoms with Gasteiger partial charge in [-0.1, -0.05) is 12.8 Å². The molecule has 2 heteroatoms. The van der Waals surface area contributed by atoms with Gasteiger partial charge in [-0.05, 0) is 12.8 Å². The van der Waals surface area contributed by atoms with Gasteiger partial charge in [0.05, 0.1) is 6.61 Å². The van der Waals surface area contributed by atoms with Crippen LogP contribution in [0.15, 0.2) is 0 Å². The molecule has 0 aromatic carbocycles. The molecule has 4 rings (SSSR count). The minimum atomic E-state index is 0.264. The molecule has 2 spiro atoms. The highest BCUT2D eigenvalue weighted by molar-refractivity contribution is 5.36. The predicted molar refractivity (Wildman–Crippen MR) is 38.2 cm³/mol. The molecule has 0 radical (unpaired) electrons. The minimum absolute atomic E-state index is 0.264. The van der Waals surface area contributed by atoms with E-state index in [9.17, 15) is 0 Å². The molecule has 0 aromatic rings. The van der Waals surface area contributed by atoms with Gasteiger partial charge in [0.25, 0.3) is 0 Å². The highest BCUT2D eigenvalue weighted by Crippen LogP contribution is 2.74. The average molecular weight is 152 g/mol. The monoisotopic (exact) mass is 152 g/mol. The second-order valence-corrected chi connectivity index (χ2v) is 4.49. The summed E-state index contributed by atoms with van der Waals surface area (Å²) in [6.07, 6.45) is 5.97. The average Bonchev–Trinajstić information content (AvgIpc) is 2.83. The van der Waals surface area contributed by atoms with Crippen molar-refractivity contribution in [2.75, 3.05) is 6.61 Å². The first-order chi connectivity index (χ1) is 5.39. The Morgan fingerprint density at radius 2 is 2.09 bits per heavy atom. The van der Waals surface area contributed by atoms with Crippen LogP contribution in [0.4, 0.5) is 0 Å². The quantitative estimate of drug-likeness (QED) is 0.485. The Balaban J connectivity index is 1.75. The normalized spacial score (nSPS) is 69.8. The number of fused-ring (bicyclic) bond motifs is 2. The standard InChI is InChI=1S/C9H12O2/c1-2-4-8-6(3-1)9(5-10-9)7(8)11-8/h6-7H,1-5H2/t6?,7?,8-,9+/m1/s1. The first-order valence-electron chi connectivity index (χ1n) is 4.70. The van der Waals surface area contributed by atoms with Crippen molar-refractivity contribution in [3.63, 3.8) is 0 Å². The van der Waals surface area contributed by atoms with Crippen LogP contribution in [-0.4, -0.2) is 23.9 Å². The summed E-state index contributed by atoms with van der Waals surface area (Å²) < 4.78 is 11.3. The molecule has 4 atom stereocenters. The minimum Gasteiger partial charge on any atom is -0.366 e. The molecule has 0 aromatic heterocycles. The zero-order chi connectivity index (χ0) is 7.10. The fourth-order valence-corrected chi connectivity index (χ4v) is 3.50. The van der Waals surface area contributed by atoms with Crippen LogP contribution in [0.5, 0.6) is 0 Å². The molecule has 0 amide bonds. The molecule has 4 fully saturated rings. The van der Waals surface area contributed by atoms with Gasteiger partial charge in [0.1, 0.15) is 17.3 Å². The summed E-state index contributed by atoms with van der Waals surface area (Å²) in [4.78, 5) is 0. The van der Waals surface area contributed by atoms with Gasteiger partial charge >= 0.3 is 0 Å². The van der Waals surface area contributed by atoms with Gasteiger partial charge in [0.2, 0.25) is 0 Å². The number of hydrogen-bond donors (Lipinski definition) is 0. The van der Waals surface area contributed by atoms with Crippen molar-refractivity contribution in [1.29, 1.82) is 0 Å². The lowest BCUT2D eigenvalue weighted by Gasteiger charge is -2.41. The van der Waals surface area contributed by atoms with Crippen LogP contribution in [0, 0.1) is 5.92 Å². The third-order valence-electron chi connectivity index (χ3n) is 4.14. The smallest absolute Gasteiger partial charge is 0.126 e. The number of rotatable bonds is 0. The Labute approximate surface area is 65.9 Å². The summed E-state index contributed by atoms with van der Waals surface area (Å²) in [6, 6.07) is 0. The van der Waals surface area contributed by atoms with Crippen LogP contribution in [0.1, 0.15) is 25.7 Å². The van der Waals surface area contributed by atoms with Crippen LogP contribution < -0.4 is 0 Å². The molecule has 0 bridgehead atoms. The largest absolute Gasteiger partial charge is 0.366 e. The molecule has 2 aliphatic carbocycles. The number of epoxide rings is 2. The molecule has 2 unspecified atom stereocenters. The van der Waals surface area contributed by atoms with Gasteiger partial charge < -0.3 is 9.47 Å². The van der Waals surface area contributed by atoms with Crippen molar-refractivity contribution < 1.29 is 9.47 Å². The molecular formula is C9H12O2. The second-order valence-electron chi connectivity index (χ2n) is 4.49. The fraction of sp³-hybridized carbons (Fsp3) is 1.00. The van der Waals surface area contributed by atoms with Crippen LogP contribution >= 0.6 is 0 Å². The van der Waals surface area contributed by atoms with E-state index >= 15 is 0 Å². The summed E-state index contributed by atoms with van der Waals surface area (Å²) in [5.74, 6) is 0.786. The Morgan fingerprint density at radius 1 is 1.18 bits per heavy atom. The SMILES string of the molecule is C1CC[C@]23OC2[C@]2(CO2)C3C1. The molecule has 2 saturated heterocycles. The molecule has 60 valence electrons. The predicted octanol–water partition coefficient (Wildman–Crippen LogP) is 1.10. The summed E-state index contributed by atoms with van der Waals surface area (Å²) in [5, 5.41) is 0. The van der Waals surface area contributed by atoms with E-state index < -0.39 is 0 Å². The maximum absolute atomic E-state index is 5.77. The van der Waals surface area contributed by atoms with Crippen molar-refractivity contribution in [2.24, 2.45) is 5.92 Å². The van der Waals surface area contributed by atoms with Gasteiger partial charge in [0, 0.05) is 5.92 Å². The van der Waals surface area contributed by atoms with E-state index in [0.717, 1.165) is 12.5 Å². The van der Waals surface area contributed by atoms with Crippen molar-refractivity contribution >= 4 is 0 Å². The zero-order valence-electron chi connectivity index (χ0n) is 6.51. The van der Waals surface area contributed by atoms with Crippen LogP contribution in [0.25, 0.3) is 0 Å². The van der Waals surface area contributed by atoms with Gasteiger partial charge in [0.15, 0.2) is 0 Å². The van der Waals surface area contributed by atoms with Crippen LogP contribution in [0.3, 0.4) is 0 Å². The zero-order valence-corrected chi connectivity index (χ0v) is 6.51. The van der Waals surface area contributed by atoms with Gasteiger partial charge in [-0.3, -0.25) is 0 Å². The molecule has 0 N–H and O–H groups in total. The van der Waals surface area contributed by atoms with Crippen molar-refractivity contribution in [2.45, 2.75) is 43.0 Å². The van der Waals surface area contributed by atoms with E-state index in [-0.39, 0.29) is 5.60 Å². The van der Waals surface area contributed by atoms with Crippen LogP contribution in [-0.2, 0) is 9.47 Å². The van der Waals surface area contributed by atoms with Crippen molar-refractivity contribution in [1.82, 2.24) is 0 Å². The lowest BCUT2D eigenvalue weighted by Crippen LogP contribution is -2.55. The second kappa shape index (κ2) is 1.27. The molecule has 2 heterocycles. The fourth-order valence-electron chi connectivity index (χ4n) is 3.50. The third-order valence-corrected chi connectivity index (χ3v) is 4.14. The molecule has 11 heavy (non-hydrogen) atoms. The van der Waals surface area contributed by atoms with E-state index in [2.05, 4.69) is 0 Å². The third kappa shape index (κ3) is 0.390.